The van der Waals surface area contributed by atoms with Crippen LogP contribution in [0.3, 0.4) is 0 Å². The lowest BCUT2D eigenvalue weighted by Gasteiger charge is -2.18. The van der Waals surface area contributed by atoms with E-state index >= 15 is 0 Å². The normalized spacial score (nSPS) is 12.5. The highest BCUT2D eigenvalue weighted by molar-refractivity contribution is 9.11. The van der Waals surface area contributed by atoms with E-state index in [2.05, 4.69) is 63.6 Å². The third kappa shape index (κ3) is 3.10. The Labute approximate surface area is 136 Å². The third-order valence-corrected chi connectivity index (χ3v) is 4.94. The molecule has 0 radical (unpaired) electrons. The first-order chi connectivity index (χ1) is 10.3. The summed E-state index contributed by atoms with van der Waals surface area (Å²) >= 11 is 5.30. The predicted octanol–water partition coefficient (Wildman–Crippen LogP) is 4.40. The molecule has 1 unspecified atom stereocenters. The molecule has 0 aliphatic heterocycles. The summed E-state index contributed by atoms with van der Waals surface area (Å²) in [5.74, 6) is 0. The van der Waals surface area contributed by atoms with Crippen LogP contribution in [0.25, 0.3) is 5.69 Å². The summed E-state index contributed by atoms with van der Waals surface area (Å²) in [6.07, 6.45) is 1.86. The van der Waals surface area contributed by atoms with Gasteiger partial charge in [0, 0.05) is 11.1 Å². The van der Waals surface area contributed by atoms with E-state index in [1.54, 1.807) is 11.3 Å². The number of para-hydroxylation sites is 1. The van der Waals surface area contributed by atoms with Crippen molar-refractivity contribution in [1.29, 1.82) is 0 Å². The van der Waals surface area contributed by atoms with Gasteiger partial charge < -0.3 is 5.32 Å². The summed E-state index contributed by atoms with van der Waals surface area (Å²) in [5, 5.41) is 8.05. The topological polar surface area (TPSA) is 29.9 Å². The maximum absolute atomic E-state index is 4.49. The van der Waals surface area contributed by atoms with Crippen LogP contribution >= 0.6 is 27.3 Å². The average Bonchev–Trinajstić information content (AvgIpc) is 3.15. The van der Waals surface area contributed by atoms with Crippen LogP contribution in [0.2, 0.25) is 0 Å². The molecule has 1 aromatic carbocycles. The van der Waals surface area contributed by atoms with Gasteiger partial charge in [-0.25, -0.2) is 4.68 Å². The Hall–Kier alpha value is -1.43. The third-order valence-electron chi connectivity index (χ3n) is 3.26. The Morgan fingerprint density at radius 2 is 2.00 bits per heavy atom. The number of hydrogen-bond donors (Lipinski definition) is 1. The fraction of sp³-hybridized carbons (Fsp3) is 0.188. The van der Waals surface area contributed by atoms with Crippen molar-refractivity contribution in [2.75, 3.05) is 6.54 Å². The molecule has 108 valence electrons. The van der Waals surface area contributed by atoms with Crippen molar-refractivity contribution in [3.8, 4) is 5.69 Å². The minimum atomic E-state index is 0.147. The van der Waals surface area contributed by atoms with Crippen LogP contribution in [0.1, 0.15) is 23.5 Å². The van der Waals surface area contributed by atoms with Gasteiger partial charge >= 0.3 is 0 Å². The van der Waals surface area contributed by atoms with E-state index in [1.807, 2.05) is 29.1 Å². The fourth-order valence-electron chi connectivity index (χ4n) is 2.36. The molecule has 2 heterocycles. The second-order valence-corrected chi connectivity index (χ2v) is 7.13. The molecule has 3 nitrogen and oxygen atoms in total. The number of nitrogens with zero attached hydrogens (tertiary/aromatic N) is 2. The first-order valence-electron chi connectivity index (χ1n) is 6.87. The predicted molar refractivity (Wildman–Crippen MR) is 91.1 cm³/mol. The summed E-state index contributed by atoms with van der Waals surface area (Å²) in [6.45, 7) is 3.03. The Balaban J connectivity index is 2.03. The quantitative estimate of drug-likeness (QED) is 0.729. The molecule has 1 N–H and O–H groups in total. The molecule has 3 aromatic rings. The van der Waals surface area contributed by atoms with Crippen LogP contribution in [0.4, 0.5) is 0 Å². The van der Waals surface area contributed by atoms with Crippen LogP contribution in [0, 0.1) is 0 Å². The highest BCUT2D eigenvalue weighted by Gasteiger charge is 2.19. The van der Waals surface area contributed by atoms with Crippen molar-refractivity contribution in [3.05, 3.63) is 69.1 Å². The Morgan fingerprint density at radius 3 is 2.67 bits per heavy atom. The summed E-state index contributed by atoms with van der Waals surface area (Å²) in [4.78, 5) is 1.28. The van der Waals surface area contributed by atoms with Crippen molar-refractivity contribution >= 4 is 27.3 Å². The molecule has 0 saturated heterocycles. The van der Waals surface area contributed by atoms with Crippen molar-refractivity contribution in [2.24, 2.45) is 0 Å². The van der Waals surface area contributed by atoms with Gasteiger partial charge in [0.15, 0.2) is 0 Å². The van der Waals surface area contributed by atoms with E-state index in [0.29, 0.717) is 0 Å². The molecule has 0 fully saturated rings. The Kier molecular flexibility index (Phi) is 4.53. The zero-order valence-corrected chi connectivity index (χ0v) is 14.1. The van der Waals surface area contributed by atoms with Gasteiger partial charge in [0.05, 0.1) is 21.2 Å². The fourth-order valence-corrected chi connectivity index (χ4v) is 3.87. The van der Waals surface area contributed by atoms with E-state index in [0.717, 1.165) is 21.7 Å². The largest absolute Gasteiger partial charge is 0.305 e. The number of hydrogen-bond acceptors (Lipinski definition) is 3. The van der Waals surface area contributed by atoms with E-state index in [9.17, 15) is 0 Å². The number of benzene rings is 1. The molecule has 0 saturated carbocycles. The second kappa shape index (κ2) is 6.56. The number of rotatable bonds is 5. The van der Waals surface area contributed by atoms with Gasteiger partial charge in [-0.1, -0.05) is 25.1 Å². The summed E-state index contributed by atoms with van der Waals surface area (Å²) < 4.78 is 3.15. The van der Waals surface area contributed by atoms with Crippen LogP contribution < -0.4 is 5.32 Å². The summed E-state index contributed by atoms with van der Waals surface area (Å²) in [5.41, 5.74) is 2.23. The van der Waals surface area contributed by atoms with Gasteiger partial charge in [0.1, 0.15) is 0 Å². The van der Waals surface area contributed by atoms with Crippen LogP contribution in [0.15, 0.2) is 58.5 Å². The molecule has 0 bridgehead atoms. The minimum Gasteiger partial charge on any atom is -0.305 e. The maximum Gasteiger partial charge on any atom is 0.0846 e. The highest BCUT2D eigenvalue weighted by atomic mass is 79.9. The van der Waals surface area contributed by atoms with E-state index in [4.69, 9.17) is 0 Å². The highest BCUT2D eigenvalue weighted by Crippen LogP contribution is 2.32. The molecule has 21 heavy (non-hydrogen) atoms. The SMILES string of the molecule is CCNC(c1ccc(Br)s1)c1ccnn1-c1ccccc1. The van der Waals surface area contributed by atoms with Gasteiger partial charge in [-0.2, -0.15) is 5.10 Å². The second-order valence-electron chi connectivity index (χ2n) is 4.64. The van der Waals surface area contributed by atoms with Crippen molar-refractivity contribution in [3.63, 3.8) is 0 Å². The smallest absolute Gasteiger partial charge is 0.0846 e. The maximum atomic E-state index is 4.49. The minimum absolute atomic E-state index is 0.147. The number of aromatic nitrogens is 2. The van der Waals surface area contributed by atoms with Gasteiger partial charge in [0.25, 0.3) is 0 Å². The monoisotopic (exact) mass is 361 g/mol. The van der Waals surface area contributed by atoms with Crippen molar-refractivity contribution in [2.45, 2.75) is 13.0 Å². The molecule has 1 atom stereocenters. The molecule has 0 aliphatic carbocycles. The van der Waals surface area contributed by atoms with Crippen LogP contribution in [0.5, 0.6) is 0 Å². The van der Waals surface area contributed by atoms with Gasteiger partial charge in [-0.15, -0.1) is 11.3 Å². The zero-order chi connectivity index (χ0) is 14.7. The molecule has 2 aromatic heterocycles. The number of nitrogens with one attached hydrogen (secondary N) is 1. The lowest BCUT2D eigenvalue weighted by molar-refractivity contribution is 0.601. The average molecular weight is 362 g/mol. The zero-order valence-electron chi connectivity index (χ0n) is 11.7. The van der Waals surface area contributed by atoms with Gasteiger partial charge in [0.2, 0.25) is 0 Å². The number of thiophene rings is 1. The molecule has 0 spiro atoms. The molecule has 0 aliphatic rings. The first-order valence-corrected chi connectivity index (χ1v) is 8.48. The number of halogens is 1. The summed E-state index contributed by atoms with van der Waals surface area (Å²) in [6, 6.07) is 16.7. The Morgan fingerprint density at radius 1 is 1.19 bits per heavy atom. The van der Waals surface area contributed by atoms with Crippen LogP contribution in [-0.2, 0) is 0 Å². The Bertz CT molecular complexity index is 705. The molecule has 0 amide bonds. The van der Waals surface area contributed by atoms with Crippen LogP contribution in [-0.4, -0.2) is 16.3 Å². The molecular formula is C16H16BrN3S. The van der Waals surface area contributed by atoms with E-state index in [-0.39, 0.29) is 6.04 Å². The van der Waals surface area contributed by atoms with E-state index in [1.165, 1.54) is 4.88 Å². The molecule has 3 rings (SSSR count). The lowest BCUT2D eigenvalue weighted by Crippen LogP contribution is -2.23. The summed E-state index contributed by atoms with van der Waals surface area (Å²) in [7, 11) is 0. The molecule has 5 heteroatoms. The van der Waals surface area contributed by atoms with Gasteiger partial charge in [-0.3, -0.25) is 0 Å². The first kappa shape index (κ1) is 14.5. The standard InChI is InChI=1S/C16H16BrN3S/c1-2-18-16(14-8-9-15(17)21-14)13-10-11-19-20(13)12-6-4-3-5-7-12/h3-11,16,18H,2H2,1H3. The van der Waals surface area contributed by atoms with Gasteiger partial charge in [-0.05, 0) is 52.8 Å². The van der Waals surface area contributed by atoms with E-state index < -0.39 is 0 Å². The van der Waals surface area contributed by atoms with Crippen molar-refractivity contribution < 1.29 is 0 Å². The molecular weight excluding hydrogens is 346 g/mol. The lowest BCUT2D eigenvalue weighted by atomic mass is 10.1. The van der Waals surface area contributed by atoms with Crippen molar-refractivity contribution in [1.82, 2.24) is 15.1 Å².